The van der Waals surface area contributed by atoms with E-state index in [-0.39, 0.29) is 17.6 Å². The van der Waals surface area contributed by atoms with Crippen molar-refractivity contribution in [2.75, 3.05) is 16.0 Å². The highest BCUT2D eigenvalue weighted by atomic mass is 16.2. The van der Waals surface area contributed by atoms with E-state index in [0.717, 1.165) is 33.2 Å². The summed E-state index contributed by atoms with van der Waals surface area (Å²) < 4.78 is 0. The van der Waals surface area contributed by atoms with Gasteiger partial charge in [0.05, 0.1) is 22.6 Å². The van der Waals surface area contributed by atoms with Gasteiger partial charge in [0.2, 0.25) is 11.8 Å². The van der Waals surface area contributed by atoms with Crippen LogP contribution in [-0.2, 0) is 9.59 Å². The average molecular weight is 513 g/mol. The van der Waals surface area contributed by atoms with Gasteiger partial charge in [-0.2, -0.15) is 0 Å². The molecule has 1 aliphatic rings. The Hall–Kier alpha value is -5.30. The smallest absolute Gasteiger partial charge is 0.221 e. The number of amides is 2. The Morgan fingerprint density at radius 1 is 0.641 bits per heavy atom. The van der Waals surface area contributed by atoms with Gasteiger partial charge in [0.25, 0.3) is 0 Å². The van der Waals surface area contributed by atoms with Gasteiger partial charge < -0.3 is 16.0 Å². The van der Waals surface area contributed by atoms with Crippen LogP contribution in [0.15, 0.2) is 91.1 Å². The predicted molar refractivity (Wildman–Crippen MR) is 154 cm³/mol. The number of carbonyl (C=O) groups is 3. The monoisotopic (exact) mass is 512 g/mol. The fourth-order valence-electron chi connectivity index (χ4n) is 5.14. The number of nitrogens with one attached hydrogen (secondary N) is 3. The van der Waals surface area contributed by atoms with Crippen LogP contribution in [0, 0.1) is 0 Å². The van der Waals surface area contributed by atoms with E-state index < -0.39 is 0 Å². The molecular formula is C32H24N4O3. The molecule has 6 rings (SSSR count). The van der Waals surface area contributed by atoms with Crippen LogP contribution in [0.3, 0.4) is 0 Å². The molecule has 7 nitrogen and oxygen atoms in total. The molecule has 0 aliphatic heterocycles. The second-order valence-electron chi connectivity index (χ2n) is 9.42. The summed E-state index contributed by atoms with van der Waals surface area (Å²) in [5.74, 6) is -0.395. The van der Waals surface area contributed by atoms with Crippen molar-refractivity contribution in [3.8, 4) is 22.4 Å². The molecule has 190 valence electrons. The SMILES string of the molecule is CC(=O)Nc1ccc(Nc2ccc3cnc(-c4ccccc4NC(C)=O)c4c3c2C(=O)c2ccccc2-4)cc1. The van der Waals surface area contributed by atoms with Crippen molar-refractivity contribution >= 4 is 51.1 Å². The zero-order valence-corrected chi connectivity index (χ0v) is 21.3. The molecule has 1 heterocycles. The molecule has 0 fully saturated rings. The number of para-hydroxylation sites is 1. The first-order valence-corrected chi connectivity index (χ1v) is 12.5. The van der Waals surface area contributed by atoms with E-state index in [1.54, 1.807) is 18.3 Å². The van der Waals surface area contributed by atoms with E-state index in [1.165, 1.54) is 13.8 Å². The van der Waals surface area contributed by atoms with Crippen LogP contribution < -0.4 is 16.0 Å². The third-order valence-electron chi connectivity index (χ3n) is 6.70. The van der Waals surface area contributed by atoms with E-state index in [9.17, 15) is 14.4 Å². The first-order chi connectivity index (χ1) is 18.9. The van der Waals surface area contributed by atoms with Crippen molar-refractivity contribution in [3.05, 3.63) is 102 Å². The lowest BCUT2D eigenvalue weighted by atomic mass is 9.80. The largest absolute Gasteiger partial charge is 0.355 e. The van der Waals surface area contributed by atoms with Gasteiger partial charge in [0.15, 0.2) is 5.78 Å². The third kappa shape index (κ3) is 4.30. The summed E-state index contributed by atoms with van der Waals surface area (Å²) in [6, 6.07) is 26.3. The Balaban J connectivity index is 1.58. The zero-order chi connectivity index (χ0) is 27.1. The molecular weight excluding hydrogens is 488 g/mol. The van der Waals surface area contributed by atoms with Gasteiger partial charge in [-0.3, -0.25) is 19.4 Å². The van der Waals surface area contributed by atoms with Gasteiger partial charge in [-0.25, -0.2) is 0 Å². The topological polar surface area (TPSA) is 100 Å². The number of ketones is 1. The number of rotatable bonds is 5. The lowest BCUT2D eigenvalue weighted by Crippen LogP contribution is -2.14. The lowest BCUT2D eigenvalue weighted by Gasteiger charge is -2.25. The van der Waals surface area contributed by atoms with Crippen molar-refractivity contribution in [3.63, 3.8) is 0 Å². The van der Waals surface area contributed by atoms with Gasteiger partial charge in [-0.15, -0.1) is 0 Å². The van der Waals surface area contributed by atoms with Crippen LogP contribution in [-0.4, -0.2) is 22.6 Å². The van der Waals surface area contributed by atoms with E-state index in [1.807, 2.05) is 72.8 Å². The Morgan fingerprint density at radius 2 is 1.28 bits per heavy atom. The highest BCUT2D eigenvalue weighted by molar-refractivity contribution is 6.30. The molecule has 5 aromatic rings. The second kappa shape index (κ2) is 9.54. The Morgan fingerprint density at radius 3 is 2.00 bits per heavy atom. The molecule has 0 spiro atoms. The molecule has 0 saturated carbocycles. The second-order valence-corrected chi connectivity index (χ2v) is 9.42. The maximum Gasteiger partial charge on any atom is 0.221 e. The summed E-state index contributed by atoms with van der Waals surface area (Å²) in [5, 5.41) is 10.7. The molecule has 39 heavy (non-hydrogen) atoms. The molecule has 0 atom stereocenters. The lowest BCUT2D eigenvalue weighted by molar-refractivity contribution is -0.115. The molecule has 0 unspecified atom stereocenters. The van der Waals surface area contributed by atoms with Crippen LogP contribution in [0.4, 0.5) is 22.7 Å². The summed E-state index contributed by atoms with van der Waals surface area (Å²) >= 11 is 0. The van der Waals surface area contributed by atoms with Crippen molar-refractivity contribution in [2.45, 2.75) is 13.8 Å². The van der Waals surface area contributed by atoms with Gasteiger partial charge in [-0.1, -0.05) is 48.5 Å². The maximum atomic E-state index is 14.0. The molecule has 2 amide bonds. The van der Waals surface area contributed by atoms with E-state index in [4.69, 9.17) is 4.98 Å². The number of anilines is 4. The highest BCUT2D eigenvalue weighted by Crippen LogP contribution is 2.47. The number of nitrogens with zero attached hydrogens (tertiary/aromatic N) is 1. The molecule has 1 aromatic heterocycles. The Bertz CT molecular complexity index is 1810. The zero-order valence-electron chi connectivity index (χ0n) is 21.3. The third-order valence-corrected chi connectivity index (χ3v) is 6.70. The summed E-state index contributed by atoms with van der Waals surface area (Å²) in [7, 11) is 0. The van der Waals surface area contributed by atoms with E-state index in [0.29, 0.717) is 33.9 Å². The molecule has 0 saturated heterocycles. The number of aromatic nitrogens is 1. The standard InChI is InChI=1S/C32H24N4O3/c1-18(37)34-21-12-14-22(15-13-21)36-27-16-11-20-17-33-31(25-9-5-6-10-26(25)35-19(2)38)29-23-7-3-4-8-24(23)32(39)30(27)28(20)29/h3-17,36H,1-2H3,(H,34,37)(H,35,38). The highest BCUT2D eigenvalue weighted by Gasteiger charge is 2.30. The van der Waals surface area contributed by atoms with Crippen molar-refractivity contribution in [1.29, 1.82) is 0 Å². The average Bonchev–Trinajstić information content (AvgIpc) is 2.92. The number of pyridine rings is 1. The summed E-state index contributed by atoms with van der Waals surface area (Å²) in [5.41, 5.74) is 7.04. The molecule has 3 N–H and O–H groups in total. The van der Waals surface area contributed by atoms with Crippen molar-refractivity contribution in [2.24, 2.45) is 0 Å². The van der Waals surface area contributed by atoms with Crippen molar-refractivity contribution < 1.29 is 14.4 Å². The van der Waals surface area contributed by atoms with Crippen LogP contribution in [0.2, 0.25) is 0 Å². The number of fused-ring (bicyclic) bond motifs is 2. The summed E-state index contributed by atoms with van der Waals surface area (Å²) in [4.78, 5) is 42.2. The van der Waals surface area contributed by atoms with Gasteiger partial charge >= 0.3 is 0 Å². The molecule has 1 aliphatic carbocycles. The van der Waals surface area contributed by atoms with Gasteiger partial charge in [0, 0.05) is 58.9 Å². The minimum Gasteiger partial charge on any atom is -0.355 e. The van der Waals surface area contributed by atoms with Crippen LogP contribution in [0.5, 0.6) is 0 Å². The van der Waals surface area contributed by atoms with Gasteiger partial charge in [0.1, 0.15) is 0 Å². The number of benzene rings is 4. The van der Waals surface area contributed by atoms with E-state index in [2.05, 4.69) is 16.0 Å². The van der Waals surface area contributed by atoms with Crippen molar-refractivity contribution in [1.82, 2.24) is 4.98 Å². The quantitative estimate of drug-likeness (QED) is 0.237. The van der Waals surface area contributed by atoms with Gasteiger partial charge in [-0.05, 0) is 42.0 Å². The van der Waals surface area contributed by atoms with Crippen LogP contribution in [0.1, 0.15) is 29.8 Å². The number of hydrogen-bond acceptors (Lipinski definition) is 5. The van der Waals surface area contributed by atoms with Crippen LogP contribution >= 0.6 is 0 Å². The normalized spacial score (nSPS) is 11.6. The summed E-state index contributed by atoms with van der Waals surface area (Å²) in [6.45, 7) is 2.94. The van der Waals surface area contributed by atoms with E-state index >= 15 is 0 Å². The Labute approximate surface area is 224 Å². The first-order valence-electron chi connectivity index (χ1n) is 12.5. The molecule has 0 radical (unpaired) electrons. The minimum absolute atomic E-state index is 0.0756. The molecule has 0 bridgehead atoms. The first kappa shape index (κ1) is 24.1. The Kier molecular flexibility index (Phi) is 5.88. The van der Waals surface area contributed by atoms with Crippen LogP contribution in [0.25, 0.3) is 33.2 Å². The molecule has 4 aromatic carbocycles. The minimum atomic E-state index is -0.177. The molecule has 7 heteroatoms. The maximum absolute atomic E-state index is 14.0. The summed E-state index contributed by atoms with van der Waals surface area (Å²) in [6.07, 6.45) is 1.77. The number of hydrogen-bond donors (Lipinski definition) is 3. The fourth-order valence-corrected chi connectivity index (χ4v) is 5.14. The number of carbonyl (C=O) groups excluding carboxylic acids is 3. The predicted octanol–water partition coefficient (Wildman–Crippen LogP) is 6.77. The fraction of sp³-hybridized carbons (Fsp3) is 0.0625.